The Kier molecular flexibility index (Phi) is 10.1. The van der Waals surface area contributed by atoms with Gasteiger partial charge in [-0.2, -0.15) is 5.26 Å². The number of nitrogens with two attached hydrogens (primary N) is 1. The zero-order valence-corrected chi connectivity index (χ0v) is 24.8. The molecule has 11 heteroatoms. The zero-order valence-electron chi connectivity index (χ0n) is 24.8. The van der Waals surface area contributed by atoms with E-state index in [9.17, 15) is 14.4 Å². The van der Waals surface area contributed by atoms with E-state index in [-0.39, 0.29) is 11.8 Å². The number of aryl methyl sites for hydroxylation is 2. The third kappa shape index (κ3) is 8.10. The van der Waals surface area contributed by atoms with Crippen molar-refractivity contribution < 1.29 is 14.4 Å². The first-order valence-corrected chi connectivity index (χ1v) is 14.0. The lowest BCUT2D eigenvalue weighted by atomic mass is 10.1. The fourth-order valence-corrected chi connectivity index (χ4v) is 4.40. The molecule has 0 aliphatic carbocycles. The smallest absolute Gasteiger partial charge is 0.272 e. The largest absolute Gasteiger partial charge is 0.387 e. The second-order valence-corrected chi connectivity index (χ2v) is 10.0. The summed E-state index contributed by atoms with van der Waals surface area (Å²) in [6.45, 7) is 2.82. The Morgan fingerprint density at radius 3 is 1.91 bits per heavy atom. The Bertz CT molecular complexity index is 1750. The third-order valence-corrected chi connectivity index (χ3v) is 6.70. The van der Waals surface area contributed by atoms with E-state index in [4.69, 9.17) is 11.0 Å². The van der Waals surface area contributed by atoms with Crippen molar-refractivity contribution >= 4 is 47.1 Å². The minimum absolute atomic E-state index is 0.295. The van der Waals surface area contributed by atoms with Crippen LogP contribution in [-0.2, 0) is 14.1 Å². The Morgan fingerprint density at radius 2 is 1.36 bits per heavy atom. The van der Waals surface area contributed by atoms with Gasteiger partial charge in [0.2, 0.25) is 0 Å². The van der Waals surface area contributed by atoms with Crippen molar-refractivity contribution in [3.63, 3.8) is 0 Å². The van der Waals surface area contributed by atoms with E-state index in [2.05, 4.69) is 27.0 Å². The molecule has 0 aliphatic heterocycles. The molecule has 11 nitrogen and oxygen atoms in total. The number of anilines is 2. The summed E-state index contributed by atoms with van der Waals surface area (Å²) in [5, 5.41) is 17.4. The van der Waals surface area contributed by atoms with E-state index < -0.39 is 5.91 Å². The number of nitriles is 1. The molecule has 3 amide bonds. The van der Waals surface area contributed by atoms with Gasteiger partial charge < -0.3 is 30.8 Å². The average Bonchev–Trinajstić information content (AvgIpc) is 3.57. The van der Waals surface area contributed by atoms with E-state index in [1.54, 1.807) is 72.0 Å². The molecule has 0 atom stereocenters. The fraction of sp³-hybridized carbons (Fsp3) is 0.182. The summed E-state index contributed by atoms with van der Waals surface area (Å²) in [4.78, 5) is 42.6. The monoisotopic (exact) mass is 590 g/mol. The number of benzene rings is 2. The van der Waals surface area contributed by atoms with Crippen molar-refractivity contribution in [2.45, 2.75) is 13.3 Å². The Labute approximate surface area is 255 Å². The summed E-state index contributed by atoms with van der Waals surface area (Å²) >= 11 is 0. The molecule has 0 spiro atoms. The highest BCUT2D eigenvalue weighted by Crippen LogP contribution is 2.19. The number of aromatic nitrogens is 2. The van der Waals surface area contributed by atoms with Crippen molar-refractivity contribution in [2.24, 2.45) is 24.8 Å². The number of aliphatic imine (C=N–C) groups is 1. The molecule has 0 bridgehead atoms. The summed E-state index contributed by atoms with van der Waals surface area (Å²) in [5.74, 6) is -0.524. The summed E-state index contributed by atoms with van der Waals surface area (Å²) in [7, 11) is 3.42. The number of nitrogens with one attached hydrogen (secondary N) is 3. The van der Waals surface area contributed by atoms with E-state index in [0.29, 0.717) is 59.2 Å². The third-order valence-electron chi connectivity index (χ3n) is 6.70. The van der Waals surface area contributed by atoms with Crippen LogP contribution in [0.1, 0.15) is 61.4 Å². The molecule has 4 rings (SSSR count). The minimum Gasteiger partial charge on any atom is -0.387 e. The maximum atomic E-state index is 13.0. The second-order valence-electron chi connectivity index (χ2n) is 10.0. The van der Waals surface area contributed by atoms with Crippen LogP contribution in [-0.4, -0.2) is 45.8 Å². The summed E-state index contributed by atoms with van der Waals surface area (Å²) < 4.78 is 3.24. The van der Waals surface area contributed by atoms with Crippen LogP contribution in [0.2, 0.25) is 0 Å². The van der Waals surface area contributed by atoms with Crippen LogP contribution in [0.5, 0.6) is 0 Å². The van der Waals surface area contributed by atoms with Gasteiger partial charge in [0.15, 0.2) is 0 Å². The molecular formula is C33H34N8O3. The fourth-order valence-electron chi connectivity index (χ4n) is 4.40. The minimum atomic E-state index is -0.396. The van der Waals surface area contributed by atoms with Crippen LogP contribution >= 0.6 is 0 Å². The Balaban J connectivity index is 1.33. The second kappa shape index (κ2) is 14.3. The number of carbonyl (C=O) groups is 3. The van der Waals surface area contributed by atoms with E-state index in [1.807, 2.05) is 43.3 Å². The van der Waals surface area contributed by atoms with Crippen LogP contribution in [0.4, 0.5) is 11.4 Å². The van der Waals surface area contributed by atoms with Crippen LogP contribution in [0, 0.1) is 11.3 Å². The first kappa shape index (κ1) is 31.1. The van der Waals surface area contributed by atoms with Gasteiger partial charge in [-0.05, 0) is 54.4 Å². The molecule has 2 aromatic carbocycles. The Hall–Kier alpha value is -5.89. The van der Waals surface area contributed by atoms with Gasteiger partial charge in [0.25, 0.3) is 17.7 Å². The van der Waals surface area contributed by atoms with Gasteiger partial charge in [-0.1, -0.05) is 36.4 Å². The molecule has 2 heterocycles. The van der Waals surface area contributed by atoms with Crippen molar-refractivity contribution in [3.05, 3.63) is 107 Å². The SMILES string of the molecule is CCN=C(N)CCNC(=O)c1cc(NC(=O)c2cc(NC(=O)c3ccc(C=Cc4ccc(C#N)cc4)cc3)cn2C)cn1C. The molecule has 2 aromatic heterocycles. The number of hydrogen-bond donors (Lipinski definition) is 4. The summed E-state index contributed by atoms with van der Waals surface area (Å²) in [6.07, 6.45) is 7.60. The number of amidine groups is 1. The number of rotatable bonds is 11. The number of hydrogen-bond acceptors (Lipinski definition) is 5. The van der Waals surface area contributed by atoms with Crippen molar-refractivity contribution in [1.82, 2.24) is 14.5 Å². The zero-order chi connectivity index (χ0) is 31.6. The van der Waals surface area contributed by atoms with Crippen LogP contribution in [0.3, 0.4) is 0 Å². The van der Waals surface area contributed by atoms with Gasteiger partial charge in [0, 0.05) is 51.6 Å². The van der Waals surface area contributed by atoms with E-state index in [1.165, 1.54) is 0 Å². The van der Waals surface area contributed by atoms with Crippen molar-refractivity contribution in [1.29, 1.82) is 5.26 Å². The first-order valence-electron chi connectivity index (χ1n) is 14.0. The molecule has 0 radical (unpaired) electrons. The molecule has 0 saturated heterocycles. The van der Waals surface area contributed by atoms with Crippen LogP contribution in [0.25, 0.3) is 12.2 Å². The molecule has 224 valence electrons. The van der Waals surface area contributed by atoms with Crippen molar-refractivity contribution in [2.75, 3.05) is 23.7 Å². The molecule has 0 aliphatic rings. The van der Waals surface area contributed by atoms with Gasteiger partial charge >= 0.3 is 0 Å². The topological polar surface area (TPSA) is 159 Å². The lowest BCUT2D eigenvalue weighted by Gasteiger charge is -2.05. The molecule has 0 unspecified atom stereocenters. The first-order chi connectivity index (χ1) is 21.2. The lowest BCUT2D eigenvalue weighted by Crippen LogP contribution is -2.29. The van der Waals surface area contributed by atoms with E-state index in [0.717, 1.165) is 11.1 Å². The van der Waals surface area contributed by atoms with Crippen LogP contribution in [0.15, 0.2) is 78.0 Å². The van der Waals surface area contributed by atoms with E-state index >= 15 is 0 Å². The van der Waals surface area contributed by atoms with Gasteiger partial charge in [0.05, 0.1) is 28.8 Å². The number of amides is 3. The Morgan fingerprint density at radius 1 is 0.841 bits per heavy atom. The average molecular weight is 591 g/mol. The quantitative estimate of drug-likeness (QED) is 0.116. The van der Waals surface area contributed by atoms with Crippen molar-refractivity contribution in [3.8, 4) is 6.07 Å². The molecule has 4 aromatic rings. The highest BCUT2D eigenvalue weighted by molar-refractivity contribution is 6.07. The molecule has 44 heavy (non-hydrogen) atoms. The number of carbonyl (C=O) groups excluding carboxylic acids is 3. The molecule has 0 fully saturated rings. The van der Waals surface area contributed by atoms with Gasteiger partial charge in [-0.3, -0.25) is 19.4 Å². The standard InChI is InChI=1S/C33H34N8O3/c1-4-36-30(35)15-16-37-32(43)28-17-27(21-40(28)2)39-33(44)29-18-26(20-41(29)3)38-31(42)25-13-11-23(12-14-25)6-5-22-7-9-24(19-34)10-8-22/h5-14,17-18,20-21H,4,15-16H2,1-3H3,(H2,35,36)(H,37,43)(H,38,42)(H,39,44). The predicted octanol–water partition coefficient (Wildman–Crippen LogP) is 4.41. The number of nitrogens with zero attached hydrogens (tertiary/aromatic N) is 4. The van der Waals surface area contributed by atoms with Gasteiger partial charge in [-0.15, -0.1) is 0 Å². The maximum Gasteiger partial charge on any atom is 0.272 e. The normalized spacial score (nSPS) is 11.3. The summed E-state index contributed by atoms with van der Waals surface area (Å²) in [6, 6.07) is 19.6. The van der Waals surface area contributed by atoms with Gasteiger partial charge in [-0.25, -0.2) is 0 Å². The molecular weight excluding hydrogens is 556 g/mol. The highest BCUT2D eigenvalue weighted by atomic mass is 16.2. The maximum absolute atomic E-state index is 13.0. The highest BCUT2D eigenvalue weighted by Gasteiger charge is 2.17. The molecule has 0 saturated carbocycles. The van der Waals surface area contributed by atoms with Gasteiger partial charge in [0.1, 0.15) is 11.4 Å². The van der Waals surface area contributed by atoms with Crippen LogP contribution < -0.4 is 21.7 Å². The summed E-state index contributed by atoms with van der Waals surface area (Å²) in [5.41, 5.74) is 10.3. The molecule has 5 N–H and O–H groups in total. The predicted molar refractivity (Wildman–Crippen MR) is 172 cm³/mol. The lowest BCUT2D eigenvalue weighted by molar-refractivity contribution is 0.0945.